The average molecular weight is 400 g/mol. The highest BCUT2D eigenvalue weighted by Gasteiger charge is 2.16. The molecule has 2 aromatic carbocycles. The molecule has 3 rings (SSSR count). The summed E-state index contributed by atoms with van der Waals surface area (Å²) in [5.41, 5.74) is 1.38. The first kappa shape index (κ1) is 19.6. The Kier molecular flexibility index (Phi) is 6.06. The predicted octanol–water partition coefficient (Wildman–Crippen LogP) is 4.49. The van der Waals surface area contributed by atoms with Gasteiger partial charge in [0.1, 0.15) is 0 Å². The van der Waals surface area contributed by atoms with E-state index >= 15 is 0 Å². The number of nitrogens with zero attached hydrogens (tertiary/aromatic N) is 3. The molecule has 0 saturated carbocycles. The summed E-state index contributed by atoms with van der Waals surface area (Å²) in [6.07, 6.45) is 2.21. The normalized spacial score (nSPS) is 10.6. The molecular weight excluding hydrogens is 382 g/mol. The number of nitro groups is 1. The second-order valence-electron chi connectivity index (χ2n) is 6.27. The Morgan fingerprint density at radius 1 is 1.25 bits per heavy atom. The van der Waals surface area contributed by atoms with Crippen molar-refractivity contribution in [2.24, 2.45) is 0 Å². The van der Waals surface area contributed by atoms with Crippen molar-refractivity contribution in [2.45, 2.75) is 19.4 Å². The van der Waals surface area contributed by atoms with Gasteiger partial charge >= 0.3 is 0 Å². The van der Waals surface area contributed by atoms with E-state index in [0.717, 1.165) is 5.56 Å². The predicted molar refractivity (Wildman–Crippen MR) is 105 cm³/mol. The molecule has 7 nitrogen and oxygen atoms in total. The summed E-state index contributed by atoms with van der Waals surface area (Å²) in [6, 6.07) is 13.8. The van der Waals surface area contributed by atoms with E-state index in [1.54, 1.807) is 13.2 Å². The van der Waals surface area contributed by atoms with E-state index in [0.29, 0.717) is 28.7 Å². The summed E-state index contributed by atoms with van der Waals surface area (Å²) in [7, 11) is 1.63. The zero-order valence-corrected chi connectivity index (χ0v) is 15.9. The van der Waals surface area contributed by atoms with Crippen molar-refractivity contribution >= 4 is 23.2 Å². The van der Waals surface area contributed by atoms with E-state index < -0.39 is 4.92 Å². The van der Waals surface area contributed by atoms with Gasteiger partial charge in [0.2, 0.25) is 5.91 Å². The first-order valence-electron chi connectivity index (χ1n) is 8.61. The Bertz CT molecular complexity index is 988. The van der Waals surface area contributed by atoms with Gasteiger partial charge in [-0.15, -0.1) is 0 Å². The molecule has 28 heavy (non-hydrogen) atoms. The molecule has 0 aliphatic rings. The number of rotatable bonds is 7. The van der Waals surface area contributed by atoms with Gasteiger partial charge in [-0.05, 0) is 11.6 Å². The molecule has 0 unspecified atom stereocenters. The lowest BCUT2D eigenvalue weighted by atomic mass is 10.2. The summed E-state index contributed by atoms with van der Waals surface area (Å²) < 4.78 is 5.70. The van der Waals surface area contributed by atoms with Crippen LogP contribution >= 0.6 is 11.6 Å². The van der Waals surface area contributed by atoms with E-state index in [9.17, 15) is 14.9 Å². The highest BCUT2D eigenvalue weighted by atomic mass is 35.5. The zero-order valence-electron chi connectivity index (χ0n) is 15.2. The van der Waals surface area contributed by atoms with Crippen molar-refractivity contribution in [3.63, 3.8) is 0 Å². The minimum Gasteiger partial charge on any atom is -0.441 e. The topological polar surface area (TPSA) is 89.5 Å². The van der Waals surface area contributed by atoms with E-state index in [-0.39, 0.29) is 24.6 Å². The lowest BCUT2D eigenvalue weighted by molar-refractivity contribution is -0.384. The number of nitro benzene ring substituents is 1. The van der Waals surface area contributed by atoms with Crippen molar-refractivity contribution in [2.75, 3.05) is 7.05 Å². The minimum atomic E-state index is -0.492. The fourth-order valence-electron chi connectivity index (χ4n) is 2.71. The first-order chi connectivity index (χ1) is 13.4. The average Bonchev–Trinajstić information content (AvgIpc) is 3.17. The maximum absolute atomic E-state index is 12.4. The van der Waals surface area contributed by atoms with Crippen molar-refractivity contribution in [1.82, 2.24) is 9.88 Å². The molecule has 0 aliphatic carbocycles. The van der Waals surface area contributed by atoms with Crippen LogP contribution < -0.4 is 0 Å². The number of aromatic nitrogens is 1. The van der Waals surface area contributed by atoms with Gasteiger partial charge in [-0.1, -0.05) is 41.9 Å². The van der Waals surface area contributed by atoms with Crippen LogP contribution in [0.15, 0.2) is 59.1 Å². The molecule has 0 radical (unpaired) electrons. The summed E-state index contributed by atoms with van der Waals surface area (Å²) in [5, 5.41) is 11.3. The third-order valence-corrected chi connectivity index (χ3v) is 4.61. The highest BCUT2D eigenvalue weighted by molar-refractivity contribution is 6.31. The largest absolute Gasteiger partial charge is 0.441 e. The van der Waals surface area contributed by atoms with Crippen LogP contribution in [0.5, 0.6) is 0 Å². The van der Waals surface area contributed by atoms with Crippen molar-refractivity contribution in [3.05, 3.63) is 81.3 Å². The number of amides is 1. The molecule has 1 aromatic heterocycles. The molecule has 0 bridgehead atoms. The summed E-state index contributed by atoms with van der Waals surface area (Å²) in [4.78, 5) is 28.5. The van der Waals surface area contributed by atoms with Gasteiger partial charge in [-0.3, -0.25) is 14.9 Å². The number of hydrogen-bond acceptors (Lipinski definition) is 5. The Labute approximate surface area is 166 Å². The van der Waals surface area contributed by atoms with Crippen LogP contribution in [0.4, 0.5) is 5.69 Å². The number of aryl methyl sites for hydroxylation is 1. The number of benzene rings is 2. The zero-order chi connectivity index (χ0) is 20.1. The van der Waals surface area contributed by atoms with Crippen molar-refractivity contribution in [3.8, 4) is 11.3 Å². The molecule has 0 fully saturated rings. The fraction of sp³-hybridized carbons (Fsp3) is 0.200. The first-order valence-corrected chi connectivity index (χ1v) is 8.98. The van der Waals surface area contributed by atoms with Gasteiger partial charge in [-0.2, -0.15) is 0 Å². The highest BCUT2D eigenvalue weighted by Crippen LogP contribution is 2.24. The van der Waals surface area contributed by atoms with Gasteiger partial charge in [0, 0.05) is 49.2 Å². The molecule has 0 aliphatic heterocycles. The van der Waals surface area contributed by atoms with Crippen LogP contribution in [0.2, 0.25) is 5.02 Å². The molecule has 0 saturated heterocycles. The number of carbonyl (C=O) groups is 1. The smallest absolute Gasteiger partial charge is 0.269 e. The van der Waals surface area contributed by atoms with Crippen LogP contribution in [-0.4, -0.2) is 27.8 Å². The fourth-order valence-corrected chi connectivity index (χ4v) is 2.88. The molecule has 0 N–H and O–H groups in total. The van der Waals surface area contributed by atoms with Crippen molar-refractivity contribution < 1.29 is 14.1 Å². The standard InChI is InChI=1S/C20H18ClN3O4/c1-23(13-15-11-16(24(26)27)7-8-17(15)21)20(25)10-9-19-22-12-18(28-19)14-5-3-2-4-6-14/h2-8,11-12H,9-10,13H2,1H3. The van der Waals surface area contributed by atoms with Crippen LogP contribution in [0, 0.1) is 10.1 Å². The van der Waals surface area contributed by atoms with Crippen LogP contribution in [0.3, 0.4) is 0 Å². The number of non-ortho nitro benzene ring substituents is 1. The van der Waals surface area contributed by atoms with E-state index in [2.05, 4.69) is 4.98 Å². The Balaban J connectivity index is 1.59. The van der Waals surface area contributed by atoms with Crippen LogP contribution in [0.1, 0.15) is 17.9 Å². The molecule has 1 amide bonds. The molecule has 144 valence electrons. The minimum absolute atomic E-state index is 0.0616. The van der Waals surface area contributed by atoms with Crippen LogP contribution in [-0.2, 0) is 17.8 Å². The maximum atomic E-state index is 12.4. The molecular formula is C20H18ClN3O4. The van der Waals surface area contributed by atoms with Crippen molar-refractivity contribution in [1.29, 1.82) is 0 Å². The second kappa shape index (κ2) is 8.67. The van der Waals surface area contributed by atoms with Gasteiger partial charge in [0.25, 0.3) is 5.69 Å². The second-order valence-corrected chi connectivity index (χ2v) is 6.67. The van der Waals surface area contributed by atoms with Gasteiger partial charge in [-0.25, -0.2) is 4.98 Å². The lowest BCUT2D eigenvalue weighted by Crippen LogP contribution is -2.26. The molecule has 1 heterocycles. The Hall–Kier alpha value is -3.19. The van der Waals surface area contributed by atoms with Gasteiger partial charge < -0.3 is 9.32 Å². The van der Waals surface area contributed by atoms with E-state index in [1.807, 2.05) is 30.3 Å². The summed E-state index contributed by atoms with van der Waals surface area (Å²) >= 11 is 6.10. The summed E-state index contributed by atoms with van der Waals surface area (Å²) in [6.45, 7) is 0.181. The third-order valence-electron chi connectivity index (χ3n) is 4.24. The number of hydrogen-bond donors (Lipinski definition) is 0. The maximum Gasteiger partial charge on any atom is 0.269 e. The van der Waals surface area contributed by atoms with Gasteiger partial charge in [0.05, 0.1) is 11.1 Å². The Morgan fingerprint density at radius 2 is 2.00 bits per heavy atom. The number of oxazole rings is 1. The van der Waals surface area contributed by atoms with Gasteiger partial charge in [0.15, 0.2) is 11.7 Å². The SMILES string of the molecule is CN(Cc1cc([N+](=O)[O-])ccc1Cl)C(=O)CCc1ncc(-c2ccccc2)o1. The lowest BCUT2D eigenvalue weighted by Gasteiger charge is -2.17. The third kappa shape index (κ3) is 4.75. The summed E-state index contributed by atoms with van der Waals surface area (Å²) in [5.74, 6) is 0.996. The van der Waals surface area contributed by atoms with Crippen LogP contribution in [0.25, 0.3) is 11.3 Å². The monoisotopic (exact) mass is 399 g/mol. The van der Waals surface area contributed by atoms with E-state index in [1.165, 1.54) is 23.1 Å². The Morgan fingerprint density at radius 3 is 2.71 bits per heavy atom. The quantitative estimate of drug-likeness (QED) is 0.431. The number of halogens is 1. The number of carbonyl (C=O) groups excluding carboxylic acids is 1. The molecule has 0 spiro atoms. The van der Waals surface area contributed by atoms with E-state index in [4.69, 9.17) is 16.0 Å². The molecule has 3 aromatic rings. The molecule has 0 atom stereocenters. The molecule has 8 heteroatoms.